The molecule has 0 radical (unpaired) electrons. The van der Waals surface area contributed by atoms with E-state index in [-0.39, 0.29) is 17.1 Å². The fourth-order valence-electron chi connectivity index (χ4n) is 1.09. The lowest BCUT2D eigenvalue weighted by Crippen LogP contribution is -2.11. The number of hydrogen-bond acceptors (Lipinski definition) is 3. The molecule has 0 spiro atoms. The van der Waals surface area contributed by atoms with Crippen LogP contribution in [0.1, 0.15) is 10.4 Å². The number of alkyl halides is 1. The van der Waals surface area contributed by atoms with Gasteiger partial charge in [0, 0.05) is 5.69 Å². The van der Waals surface area contributed by atoms with Crippen LogP contribution in [-0.2, 0) is 10.0 Å². The van der Waals surface area contributed by atoms with Crippen molar-refractivity contribution >= 4 is 33.1 Å². The summed E-state index contributed by atoms with van der Waals surface area (Å²) >= 11 is 5.29. The normalized spacial score (nSPS) is 11.2. The summed E-state index contributed by atoms with van der Waals surface area (Å²) in [5.74, 6) is -1.69. The molecule has 0 saturated heterocycles. The summed E-state index contributed by atoms with van der Waals surface area (Å²) in [6.07, 6.45) is 0.958. The highest BCUT2D eigenvalue weighted by Crippen LogP contribution is 2.16. The predicted molar refractivity (Wildman–Crippen MR) is 59.9 cm³/mol. The third-order valence-corrected chi connectivity index (χ3v) is 2.54. The Balaban J connectivity index is 3.12. The van der Waals surface area contributed by atoms with Crippen molar-refractivity contribution in [3.63, 3.8) is 0 Å². The summed E-state index contributed by atoms with van der Waals surface area (Å²) < 4.78 is 37.2. The molecular formula is C9H9ClFNO3S. The first-order chi connectivity index (χ1) is 7.33. The van der Waals surface area contributed by atoms with Gasteiger partial charge in [-0.1, -0.05) is 0 Å². The van der Waals surface area contributed by atoms with Gasteiger partial charge in [-0.15, -0.1) is 11.6 Å². The Bertz CT molecular complexity index is 515. The van der Waals surface area contributed by atoms with Crippen LogP contribution in [0.3, 0.4) is 0 Å². The first kappa shape index (κ1) is 12.9. The third kappa shape index (κ3) is 3.46. The second-order valence-corrected chi connectivity index (χ2v) is 5.14. The van der Waals surface area contributed by atoms with Crippen LogP contribution in [0.4, 0.5) is 10.1 Å². The molecule has 16 heavy (non-hydrogen) atoms. The van der Waals surface area contributed by atoms with E-state index in [1.54, 1.807) is 0 Å². The molecule has 0 unspecified atom stereocenters. The van der Waals surface area contributed by atoms with Gasteiger partial charge in [-0.2, -0.15) is 0 Å². The number of benzene rings is 1. The van der Waals surface area contributed by atoms with Crippen LogP contribution in [0.5, 0.6) is 0 Å². The molecule has 1 aromatic carbocycles. The van der Waals surface area contributed by atoms with Gasteiger partial charge in [-0.3, -0.25) is 9.52 Å². The number of Topliss-reactive ketones (excluding diaryl/α,β-unsaturated/α-hetero) is 1. The van der Waals surface area contributed by atoms with Gasteiger partial charge in [0.25, 0.3) is 0 Å². The monoisotopic (exact) mass is 265 g/mol. The second kappa shape index (κ2) is 4.80. The first-order valence-electron chi connectivity index (χ1n) is 4.20. The molecule has 0 aromatic heterocycles. The first-order valence-corrected chi connectivity index (χ1v) is 6.62. The highest BCUT2D eigenvalue weighted by molar-refractivity contribution is 7.92. The van der Waals surface area contributed by atoms with Crippen LogP contribution < -0.4 is 4.72 Å². The Morgan fingerprint density at radius 3 is 2.62 bits per heavy atom. The molecule has 0 atom stereocenters. The SMILES string of the molecule is CS(=O)(=O)Nc1ccc(F)c(C(=O)CCl)c1. The molecular weight excluding hydrogens is 257 g/mol. The lowest BCUT2D eigenvalue weighted by Gasteiger charge is -2.06. The Morgan fingerprint density at radius 1 is 1.50 bits per heavy atom. The fourth-order valence-corrected chi connectivity index (χ4v) is 1.79. The molecule has 0 heterocycles. The standard InChI is InChI=1S/C9H9ClFNO3S/c1-16(14,15)12-6-2-3-8(11)7(4-6)9(13)5-10/h2-4,12H,5H2,1H3. The zero-order valence-corrected chi connectivity index (χ0v) is 9.90. The number of rotatable bonds is 4. The van der Waals surface area contributed by atoms with Crippen molar-refractivity contribution in [2.75, 3.05) is 16.9 Å². The lowest BCUT2D eigenvalue weighted by molar-refractivity contribution is 0.101. The number of carbonyl (C=O) groups is 1. The number of ketones is 1. The van der Waals surface area contributed by atoms with Gasteiger partial charge in [-0.25, -0.2) is 12.8 Å². The zero-order chi connectivity index (χ0) is 12.3. The van der Waals surface area contributed by atoms with Crippen LogP contribution in [0, 0.1) is 5.82 Å². The molecule has 0 bridgehead atoms. The molecule has 1 rings (SSSR count). The summed E-state index contributed by atoms with van der Waals surface area (Å²) in [5, 5.41) is 0. The Hall–Kier alpha value is -1.14. The van der Waals surface area contributed by atoms with E-state index in [4.69, 9.17) is 11.6 Å². The van der Waals surface area contributed by atoms with Gasteiger partial charge < -0.3 is 0 Å². The predicted octanol–water partition coefficient (Wildman–Crippen LogP) is 1.62. The van der Waals surface area contributed by atoms with Crippen molar-refractivity contribution in [1.82, 2.24) is 0 Å². The van der Waals surface area contributed by atoms with Crippen LogP contribution >= 0.6 is 11.6 Å². The highest BCUT2D eigenvalue weighted by atomic mass is 35.5. The molecule has 0 aliphatic carbocycles. The second-order valence-electron chi connectivity index (χ2n) is 3.13. The molecule has 7 heteroatoms. The highest BCUT2D eigenvalue weighted by Gasteiger charge is 2.12. The Morgan fingerprint density at radius 2 is 2.12 bits per heavy atom. The molecule has 0 aliphatic rings. The van der Waals surface area contributed by atoms with E-state index in [1.165, 1.54) is 6.07 Å². The van der Waals surface area contributed by atoms with E-state index in [0.717, 1.165) is 18.4 Å². The quantitative estimate of drug-likeness (QED) is 0.665. The zero-order valence-electron chi connectivity index (χ0n) is 8.33. The van der Waals surface area contributed by atoms with E-state index in [9.17, 15) is 17.6 Å². The maximum atomic E-state index is 13.2. The Kier molecular flexibility index (Phi) is 3.88. The Labute approximate surface area is 97.5 Å². The van der Waals surface area contributed by atoms with Crippen LogP contribution in [-0.4, -0.2) is 26.3 Å². The van der Waals surface area contributed by atoms with E-state index in [2.05, 4.69) is 4.72 Å². The van der Waals surface area contributed by atoms with Crippen LogP contribution in [0.2, 0.25) is 0 Å². The maximum absolute atomic E-state index is 13.2. The van der Waals surface area contributed by atoms with Crippen molar-refractivity contribution < 1.29 is 17.6 Å². The minimum Gasteiger partial charge on any atom is -0.293 e. The minimum atomic E-state index is -3.46. The van der Waals surface area contributed by atoms with Gasteiger partial charge >= 0.3 is 0 Å². The lowest BCUT2D eigenvalue weighted by atomic mass is 10.1. The molecule has 0 saturated carbocycles. The molecule has 1 N–H and O–H groups in total. The van der Waals surface area contributed by atoms with E-state index in [1.807, 2.05) is 0 Å². The maximum Gasteiger partial charge on any atom is 0.229 e. The average Bonchev–Trinajstić information content (AvgIpc) is 2.18. The minimum absolute atomic E-state index is 0.123. The van der Waals surface area contributed by atoms with Crippen LogP contribution in [0.25, 0.3) is 0 Å². The van der Waals surface area contributed by atoms with Gasteiger partial charge in [0.05, 0.1) is 17.7 Å². The van der Waals surface area contributed by atoms with Crippen molar-refractivity contribution in [2.45, 2.75) is 0 Å². The van der Waals surface area contributed by atoms with Crippen LogP contribution in [0.15, 0.2) is 18.2 Å². The van der Waals surface area contributed by atoms with E-state index >= 15 is 0 Å². The van der Waals surface area contributed by atoms with Crippen molar-refractivity contribution in [3.8, 4) is 0 Å². The van der Waals surface area contributed by atoms with Crippen molar-refractivity contribution in [2.24, 2.45) is 0 Å². The summed E-state index contributed by atoms with van der Waals surface area (Å²) in [7, 11) is -3.46. The van der Waals surface area contributed by atoms with E-state index < -0.39 is 21.6 Å². The summed E-state index contributed by atoms with van der Waals surface area (Å²) in [6.45, 7) is 0. The van der Waals surface area contributed by atoms with E-state index in [0.29, 0.717) is 0 Å². The number of sulfonamides is 1. The smallest absolute Gasteiger partial charge is 0.229 e. The molecule has 4 nitrogen and oxygen atoms in total. The van der Waals surface area contributed by atoms with Crippen molar-refractivity contribution in [3.05, 3.63) is 29.6 Å². The van der Waals surface area contributed by atoms with Gasteiger partial charge in [-0.05, 0) is 18.2 Å². The summed E-state index contributed by atoms with van der Waals surface area (Å²) in [6, 6.07) is 3.34. The largest absolute Gasteiger partial charge is 0.293 e. The molecule has 0 amide bonds. The topological polar surface area (TPSA) is 63.2 Å². The van der Waals surface area contributed by atoms with Gasteiger partial charge in [0.1, 0.15) is 5.82 Å². The van der Waals surface area contributed by atoms with Gasteiger partial charge in [0.15, 0.2) is 5.78 Å². The molecule has 1 aromatic rings. The molecule has 0 aliphatic heterocycles. The number of hydrogen-bond donors (Lipinski definition) is 1. The average molecular weight is 266 g/mol. The number of halogens is 2. The number of nitrogens with one attached hydrogen (secondary N) is 1. The third-order valence-electron chi connectivity index (χ3n) is 1.69. The number of anilines is 1. The number of carbonyl (C=O) groups excluding carboxylic acids is 1. The molecule has 88 valence electrons. The summed E-state index contributed by atoms with van der Waals surface area (Å²) in [5.41, 5.74) is -0.110. The fraction of sp³-hybridized carbons (Fsp3) is 0.222. The summed E-state index contributed by atoms with van der Waals surface area (Å²) in [4.78, 5) is 11.2. The van der Waals surface area contributed by atoms with Crippen molar-refractivity contribution in [1.29, 1.82) is 0 Å². The van der Waals surface area contributed by atoms with Gasteiger partial charge in [0.2, 0.25) is 10.0 Å². The molecule has 0 fully saturated rings.